The van der Waals surface area contributed by atoms with Crippen molar-refractivity contribution >= 4 is 54.4 Å². The molecule has 196 valence electrons. The summed E-state index contributed by atoms with van der Waals surface area (Å²) >= 11 is 0. The molecule has 0 aliphatic heterocycles. The third kappa shape index (κ3) is 3.31. The largest absolute Gasteiger partial charge is 0.309 e. The van der Waals surface area contributed by atoms with Crippen molar-refractivity contribution < 1.29 is 0 Å². The highest BCUT2D eigenvalue weighted by Crippen LogP contribution is 2.39. The van der Waals surface area contributed by atoms with Gasteiger partial charge in [0.25, 0.3) is 0 Å². The Kier molecular flexibility index (Phi) is 4.90. The lowest BCUT2D eigenvalue weighted by Gasteiger charge is -2.14. The van der Waals surface area contributed by atoms with Gasteiger partial charge in [-0.05, 0) is 58.6 Å². The van der Waals surface area contributed by atoms with Crippen LogP contribution in [0.4, 0.5) is 0 Å². The number of nitrogens with zero attached hydrogens (tertiary/aromatic N) is 3. The highest BCUT2D eigenvalue weighted by Gasteiger charge is 2.19. The van der Waals surface area contributed by atoms with Crippen molar-refractivity contribution in [1.82, 2.24) is 14.1 Å². The van der Waals surface area contributed by atoms with Crippen molar-refractivity contribution in [3.05, 3.63) is 152 Å². The first kappa shape index (κ1) is 23.1. The van der Waals surface area contributed by atoms with Crippen molar-refractivity contribution in [3.8, 4) is 22.8 Å². The van der Waals surface area contributed by atoms with E-state index in [0.29, 0.717) is 0 Å². The molecule has 42 heavy (non-hydrogen) atoms. The molecule has 0 fully saturated rings. The van der Waals surface area contributed by atoms with Gasteiger partial charge in [-0.15, -0.1) is 0 Å². The summed E-state index contributed by atoms with van der Waals surface area (Å²) in [6.07, 6.45) is 0. The van der Waals surface area contributed by atoms with Crippen LogP contribution in [-0.2, 0) is 0 Å². The van der Waals surface area contributed by atoms with Gasteiger partial charge in [-0.3, -0.25) is 4.57 Å². The first-order valence-corrected chi connectivity index (χ1v) is 14.3. The Labute approximate surface area is 242 Å². The van der Waals surface area contributed by atoms with Crippen LogP contribution in [0.1, 0.15) is 0 Å². The van der Waals surface area contributed by atoms with Gasteiger partial charge in [-0.25, -0.2) is 4.98 Å². The summed E-state index contributed by atoms with van der Waals surface area (Å²) in [5.41, 5.74) is 7.88. The molecule has 0 atom stereocenters. The fourth-order valence-corrected chi connectivity index (χ4v) is 6.64. The predicted molar refractivity (Wildman–Crippen MR) is 176 cm³/mol. The quantitative estimate of drug-likeness (QED) is 0.206. The molecule has 0 spiro atoms. The average molecular weight is 536 g/mol. The second-order valence-electron chi connectivity index (χ2n) is 10.8. The lowest BCUT2D eigenvalue weighted by Crippen LogP contribution is -1.98. The average Bonchev–Trinajstić information content (AvgIpc) is 3.62. The van der Waals surface area contributed by atoms with Crippen molar-refractivity contribution in [2.75, 3.05) is 0 Å². The maximum Gasteiger partial charge on any atom is 0.145 e. The van der Waals surface area contributed by atoms with Gasteiger partial charge >= 0.3 is 0 Å². The van der Waals surface area contributed by atoms with Crippen LogP contribution in [0.25, 0.3) is 77.1 Å². The van der Waals surface area contributed by atoms with Crippen LogP contribution in [0.5, 0.6) is 0 Å². The van der Waals surface area contributed by atoms with Gasteiger partial charge in [0.15, 0.2) is 0 Å². The minimum absolute atomic E-state index is 0.944. The van der Waals surface area contributed by atoms with E-state index in [-0.39, 0.29) is 0 Å². The zero-order chi connectivity index (χ0) is 27.6. The second kappa shape index (κ2) is 8.92. The van der Waals surface area contributed by atoms with Gasteiger partial charge < -0.3 is 4.57 Å². The van der Waals surface area contributed by atoms with E-state index >= 15 is 0 Å². The molecule has 0 saturated heterocycles. The molecule has 7 aromatic carbocycles. The standard InChI is InChI=1S/C39H25N3/c1-3-11-28(12-4-1)39-40-34-24-22-27-20-19-26-21-23-30(25-33(26)37(27)38(34)42(39)29-13-5-2-6-14-29)41-35-17-9-7-15-31(35)32-16-8-10-18-36(32)41/h1-25H. The zero-order valence-electron chi connectivity index (χ0n) is 22.8. The Morgan fingerprint density at radius 3 is 1.76 bits per heavy atom. The molecule has 0 saturated carbocycles. The molecular weight excluding hydrogens is 510 g/mol. The fourth-order valence-electron chi connectivity index (χ4n) is 6.64. The summed E-state index contributed by atoms with van der Waals surface area (Å²) in [7, 11) is 0. The lowest BCUT2D eigenvalue weighted by atomic mass is 9.99. The van der Waals surface area contributed by atoms with Crippen LogP contribution < -0.4 is 0 Å². The molecule has 0 bridgehead atoms. The summed E-state index contributed by atoms with van der Waals surface area (Å²) in [6.45, 7) is 0. The third-order valence-corrected chi connectivity index (χ3v) is 8.48. The molecule has 3 heteroatoms. The number of imidazole rings is 1. The van der Waals surface area contributed by atoms with Crippen molar-refractivity contribution in [1.29, 1.82) is 0 Å². The first-order chi connectivity index (χ1) is 20.8. The minimum atomic E-state index is 0.944. The van der Waals surface area contributed by atoms with Gasteiger partial charge in [-0.2, -0.15) is 0 Å². The lowest BCUT2D eigenvalue weighted by molar-refractivity contribution is 1.11. The van der Waals surface area contributed by atoms with Crippen LogP contribution in [0, 0.1) is 0 Å². The summed E-state index contributed by atoms with van der Waals surface area (Å²) in [4.78, 5) is 5.23. The van der Waals surface area contributed by atoms with E-state index in [1.165, 1.54) is 43.4 Å². The van der Waals surface area contributed by atoms with E-state index in [1.807, 2.05) is 0 Å². The summed E-state index contributed by atoms with van der Waals surface area (Å²) in [5.74, 6) is 0.944. The van der Waals surface area contributed by atoms with Crippen LogP contribution in [0.3, 0.4) is 0 Å². The van der Waals surface area contributed by atoms with Gasteiger partial charge in [-0.1, -0.05) is 109 Å². The number of para-hydroxylation sites is 3. The van der Waals surface area contributed by atoms with Gasteiger partial charge in [0.1, 0.15) is 5.82 Å². The fraction of sp³-hybridized carbons (Fsp3) is 0. The maximum absolute atomic E-state index is 5.23. The van der Waals surface area contributed by atoms with Crippen LogP contribution in [0.15, 0.2) is 152 Å². The van der Waals surface area contributed by atoms with Crippen molar-refractivity contribution in [2.24, 2.45) is 0 Å². The number of hydrogen-bond donors (Lipinski definition) is 0. The number of rotatable bonds is 3. The molecule has 2 aromatic heterocycles. The number of hydrogen-bond acceptors (Lipinski definition) is 1. The van der Waals surface area contributed by atoms with E-state index < -0.39 is 0 Å². The van der Waals surface area contributed by atoms with E-state index in [4.69, 9.17) is 4.98 Å². The molecule has 0 N–H and O–H groups in total. The molecule has 0 aliphatic rings. The summed E-state index contributed by atoms with van der Waals surface area (Å²) in [6, 6.07) is 54.2. The maximum atomic E-state index is 5.23. The van der Waals surface area contributed by atoms with Crippen LogP contribution in [0.2, 0.25) is 0 Å². The first-order valence-electron chi connectivity index (χ1n) is 14.3. The SMILES string of the molecule is c1ccc(-c2nc3ccc4ccc5ccc(-n6c7ccccc7c7ccccc76)cc5c4c3n2-c2ccccc2)cc1. The van der Waals surface area contributed by atoms with Gasteiger partial charge in [0.05, 0.1) is 22.1 Å². The second-order valence-corrected chi connectivity index (χ2v) is 10.8. The van der Waals surface area contributed by atoms with E-state index in [1.54, 1.807) is 0 Å². The van der Waals surface area contributed by atoms with Crippen molar-refractivity contribution in [2.45, 2.75) is 0 Å². The van der Waals surface area contributed by atoms with Gasteiger partial charge in [0.2, 0.25) is 0 Å². The zero-order valence-corrected chi connectivity index (χ0v) is 22.8. The minimum Gasteiger partial charge on any atom is -0.309 e. The third-order valence-electron chi connectivity index (χ3n) is 8.48. The molecule has 0 unspecified atom stereocenters. The predicted octanol–water partition coefficient (Wildman–Crippen LogP) is 10.1. The van der Waals surface area contributed by atoms with E-state index in [2.05, 4.69) is 161 Å². The molecule has 3 nitrogen and oxygen atoms in total. The van der Waals surface area contributed by atoms with E-state index in [9.17, 15) is 0 Å². The van der Waals surface area contributed by atoms with Crippen LogP contribution >= 0.6 is 0 Å². The molecule has 0 amide bonds. The summed E-state index contributed by atoms with van der Waals surface area (Å²) < 4.78 is 4.73. The molecule has 9 aromatic rings. The Hall–Kier alpha value is -5.67. The van der Waals surface area contributed by atoms with Crippen LogP contribution in [-0.4, -0.2) is 14.1 Å². The topological polar surface area (TPSA) is 22.8 Å². The number of aromatic nitrogens is 3. The highest BCUT2D eigenvalue weighted by molar-refractivity contribution is 6.20. The smallest absolute Gasteiger partial charge is 0.145 e. The normalized spacial score (nSPS) is 11.8. The molecule has 2 heterocycles. The molecule has 0 aliphatic carbocycles. The van der Waals surface area contributed by atoms with Gasteiger partial charge in [0, 0.05) is 33.1 Å². The van der Waals surface area contributed by atoms with E-state index in [0.717, 1.165) is 33.8 Å². The Morgan fingerprint density at radius 2 is 1.02 bits per heavy atom. The number of benzene rings is 7. The highest BCUT2D eigenvalue weighted by atomic mass is 15.1. The Bertz CT molecular complexity index is 2400. The molecule has 0 radical (unpaired) electrons. The van der Waals surface area contributed by atoms with Crippen molar-refractivity contribution in [3.63, 3.8) is 0 Å². The number of fused-ring (bicyclic) bond motifs is 8. The Balaban J connectivity index is 1.43. The monoisotopic (exact) mass is 535 g/mol. The Morgan fingerprint density at radius 1 is 0.429 bits per heavy atom. The molecular formula is C39H25N3. The summed E-state index contributed by atoms with van der Waals surface area (Å²) in [5, 5.41) is 7.37. The molecule has 9 rings (SSSR count).